The molecule has 0 bridgehead atoms. The maximum Gasteiger partial charge on any atom is -0.0305 e. The number of hydrogen-bond donors (Lipinski definition) is 0. The van der Waals surface area contributed by atoms with Gasteiger partial charge in [0.05, 0.1) is 0 Å². The Kier molecular flexibility index (Phi) is 5.54. The molecule has 1 aromatic rings. The normalized spacial score (nSPS) is 8.36. The summed E-state index contributed by atoms with van der Waals surface area (Å²) in [6, 6.07) is 8.49. The number of hydrogen-bond acceptors (Lipinski definition) is 0. The smallest absolute Gasteiger partial charge is 0.0305 e. The average molecular weight is 150 g/mol. The summed E-state index contributed by atoms with van der Waals surface area (Å²) >= 11 is 0. The molecule has 0 aromatic heterocycles. The SMILES string of the molecule is CC.CCc1ccccc1C. The predicted molar refractivity (Wildman–Crippen MR) is 51.9 cm³/mol. The van der Waals surface area contributed by atoms with Crippen LogP contribution in [0.1, 0.15) is 31.9 Å². The lowest BCUT2D eigenvalue weighted by Crippen LogP contribution is -1.82. The standard InChI is InChI=1S/C9H12.C2H6/c1-3-9-7-5-4-6-8(9)2;1-2/h4-7H,3H2,1-2H3;1-2H3. The van der Waals surface area contributed by atoms with Crippen LogP contribution < -0.4 is 0 Å². The molecule has 62 valence electrons. The molecule has 0 aliphatic carbocycles. The van der Waals surface area contributed by atoms with E-state index in [2.05, 4.69) is 38.1 Å². The fourth-order valence-corrected chi connectivity index (χ4v) is 1.01. The zero-order valence-electron chi connectivity index (χ0n) is 8.02. The Bertz CT molecular complexity index is 189. The summed E-state index contributed by atoms with van der Waals surface area (Å²) in [4.78, 5) is 0. The van der Waals surface area contributed by atoms with Crippen molar-refractivity contribution in [3.8, 4) is 0 Å². The van der Waals surface area contributed by atoms with Gasteiger partial charge in [-0.2, -0.15) is 0 Å². The Balaban J connectivity index is 0.000000461. The summed E-state index contributed by atoms with van der Waals surface area (Å²) in [5, 5.41) is 0. The predicted octanol–water partition coefficient (Wildman–Crippen LogP) is 3.58. The van der Waals surface area contributed by atoms with E-state index < -0.39 is 0 Å². The lowest BCUT2D eigenvalue weighted by molar-refractivity contribution is 1.11. The van der Waals surface area contributed by atoms with Crippen molar-refractivity contribution in [3.63, 3.8) is 0 Å². The van der Waals surface area contributed by atoms with Crippen LogP contribution in [0.2, 0.25) is 0 Å². The molecule has 0 spiro atoms. The van der Waals surface area contributed by atoms with Crippen molar-refractivity contribution in [1.82, 2.24) is 0 Å². The third kappa shape index (κ3) is 3.22. The summed E-state index contributed by atoms with van der Waals surface area (Å²) < 4.78 is 0. The van der Waals surface area contributed by atoms with Crippen LogP contribution in [0.4, 0.5) is 0 Å². The second kappa shape index (κ2) is 5.96. The molecule has 0 aliphatic heterocycles. The van der Waals surface area contributed by atoms with E-state index in [1.165, 1.54) is 11.1 Å². The van der Waals surface area contributed by atoms with Crippen molar-refractivity contribution in [2.75, 3.05) is 0 Å². The fourth-order valence-electron chi connectivity index (χ4n) is 1.01. The number of aryl methyl sites for hydroxylation is 2. The average Bonchev–Trinajstić information content (AvgIpc) is 2.09. The summed E-state index contributed by atoms with van der Waals surface area (Å²) in [6.45, 7) is 8.33. The van der Waals surface area contributed by atoms with Gasteiger partial charge >= 0.3 is 0 Å². The van der Waals surface area contributed by atoms with E-state index in [9.17, 15) is 0 Å². The molecule has 0 saturated heterocycles. The number of benzene rings is 1. The Hall–Kier alpha value is -0.780. The highest BCUT2D eigenvalue weighted by atomic mass is 13.9. The molecule has 0 fully saturated rings. The molecule has 0 saturated carbocycles. The van der Waals surface area contributed by atoms with Crippen LogP contribution in [0.15, 0.2) is 24.3 Å². The van der Waals surface area contributed by atoms with Gasteiger partial charge in [0, 0.05) is 0 Å². The van der Waals surface area contributed by atoms with Gasteiger partial charge in [-0.05, 0) is 24.5 Å². The molecule has 0 unspecified atom stereocenters. The minimum atomic E-state index is 1.15. The molecule has 0 heteroatoms. The van der Waals surface area contributed by atoms with Crippen LogP contribution in [-0.4, -0.2) is 0 Å². The van der Waals surface area contributed by atoms with Gasteiger partial charge in [0.25, 0.3) is 0 Å². The fraction of sp³-hybridized carbons (Fsp3) is 0.455. The van der Waals surface area contributed by atoms with Crippen LogP contribution in [0.3, 0.4) is 0 Å². The van der Waals surface area contributed by atoms with Crippen LogP contribution in [0, 0.1) is 6.92 Å². The van der Waals surface area contributed by atoms with Crippen LogP contribution in [0.5, 0.6) is 0 Å². The van der Waals surface area contributed by atoms with E-state index in [0.29, 0.717) is 0 Å². The summed E-state index contributed by atoms with van der Waals surface area (Å²) in [5.41, 5.74) is 2.86. The molecule has 0 amide bonds. The van der Waals surface area contributed by atoms with Gasteiger partial charge in [0.2, 0.25) is 0 Å². The Morgan fingerprint density at radius 2 is 1.64 bits per heavy atom. The quantitative estimate of drug-likeness (QED) is 0.574. The zero-order chi connectivity index (χ0) is 8.69. The maximum absolute atomic E-state index is 2.18. The van der Waals surface area contributed by atoms with E-state index in [-0.39, 0.29) is 0 Å². The molecule has 0 aliphatic rings. The molecule has 0 radical (unpaired) electrons. The first-order valence-corrected chi connectivity index (χ1v) is 4.39. The van der Waals surface area contributed by atoms with Crippen LogP contribution in [-0.2, 0) is 6.42 Å². The van der Waals surface area contributed by atoms with E-state index in [1.807, 2.05) is 13.8 Å². The molecule has 1 aromatic carbocycles. The highest BCUT2D eigenvalue weighted by Gasteiger charge is 1.89. The van der Waals surface area contributed by atoms with Gasteiger partial charge in [-0.1, -0.05) is 45.0 Å². The lowest BCUT2D eigenvalue weighted by Gasteiger charge is -1.98. The summed E-state index contributed by atoms with van der Waals surface area (Å²) in [5.74, 6) is 0. The first-order valence-electron chi connectivity index (χ1n) is 4.39. The van der Waals surface area contributed by atoms with Crippen molar-refractivity contribution < 1.29 is 0 Å². The molecular weight excluding hydrogens is 132 g/mol. The first kappa shape index (κ1) is 10.2. The van der Waals surface area contributed by atoms with E-state index in [0.717, 1.165) is 6.42 Å². The van der Waals surface area contributed by atoms with Crippen molar-refractivity contribution >= 4 is 0 Å². The second-order valence-corrected chi connectivity index (χ2v) is 2.28. The van der Waals surface area contributed by atoms with Gasteiger partial charge in [0.15, 0.2) is 0 Å². The Morgan fingerprint density at radius 3 is 2.00 bits per heavy atom. The number of rotatable bonds is 1. The highest BCUT2D eigenvalue weighted by Crippen LogP contribution is 2.06. The molecule has 1 rings (SSSR count). The second-order valence-electron chi connectivity index (χ2n) is 2.28. The van der Waals surface area contributed by atoms with Gasteiger partial charge in [0.1, 0.15) is 0 Å². The van der Waals surface area contributed by atoms with Gasteiger partial charge in [-0.3, -0.25) is 0 Å². The van der Waals surface area contributed by atoms with E-state index >= 15 is 0 Å². The maximum atomic E-state index is 2.18. The Morgan fingerprint density at radius 1 is 1.09 bits per heavy atom. The minimum Gasteiger partial charge on any atom is -0.0683 e. The molecular formula is C11H18. The highest BCUT2D eigenvalue weighted by molar-refractivity contribution is 5.24. The largest absolute Gasteiger partial charge is 0.0683 e. The van der Waals surface area contributed by atoms with Crippen molar-refractivity contribution in [1.29, 1.82) is 0 Å². The Labute approximate surface area is 70.3 Å². The van der Waals surface area contributed by atoms with Crippen molar-refractivity contribution in [2.24, 2.45) is 0 Å². The molecule has 0 N–H and O–H groups in total. The first-order chi connectivity index (χ1) is 5.34. The van der Waals surface area contributed by atoms with Crippen LogP contribution >= 0.6 is 0 Å². The monoisotopic (exact) mass is 150 g/mol. The zero-order valence-corrected chi connectivity index (χ0v) is 8.02. The topological polar surface area (TPSA) is 0 Å². The van der Waals surface area contributed by atoms with Gasteiger partial charge in [-0.15, -0.1) is 0 Å². The van der Waals surface area contributed by atoms with Gasteiger partial charge < -0.3 is 0 Å². The molecule has 0 atom stereocenters. The van der Waals surface area contributed by atoms with Crippen molar-refractivity contribution in [3.05, 3.63) is 35.4 Å². The summed E-state index contributed by atoms with van der Waals surface area (Å²) in [7, 11) is 0. The lowest BCUT2D eigenvalue weighted by atomic mass is 10.1. The molecule has 0 nitrogen and oxygen atoms in total. The van der Waals surface area contributed by atoms with E-state index in [4.69, 9.17) is 0 Å². The molecule has 11 heavy (non-hydrogen) atoms. The third-order valence-electron chi connectivity index (χ3n) is 1.64. The minimum absolute atomic E-state index is 1.15. The van der Waals surface area contributed by atoms with E-state index in [1.54, 1.807) is 0 Å². The summed E-state index contributed by atoms with van der Waals surface area (Å²) in [6.07, 6.45) is 1.15. The molecule has 0 heterocycles. The van der Waals surface area contributed by atoms with Gasteiger partial charge in [-0.25, -0.2) is 0 Å². The van der Waals surface area contributed by atoms with Crippen LogP contribution in [0.25, 0.3) is 0 Å². The van der Waals surface area contributed by atoms with Crippen molar-refractivity contribution in [2.45, 2.75) is 34.1 Å². The third-order valence-corrected chi connectivity index (χ3v) is 1.64.